The Morgan fingerprint density at radius 1 is 1.35 bits per heavy atom. The number of nitrogens with zero attached hydrogens (tertiary/aromatic N) is 3. The number of sulfonamides is 1. The Labute approximate surface area is 136 Å². The molecule has 0 radical (unpaired) electrons. The molecule has 0 saturated carbocycles. The van der Waals surface area contributed by atoms with Crippen LogP contribution in [-0.4, -0.2) is 40.5 Å². The average Bonchev–Trinajstić information content (AvgIpc) is 3.04. The Bertz CT molecular complexity index is 798. The highest BCUT2D eigenvalue weighted by atomic mass is 32.2. The third-order valence-corrected chi connectivity index (χ3v) is 6.08. The topological polar surface area (TPSA) is 75.4 Å². The molecule has 1 aliphatic heterocycles. The smallest absolute Gasteiger partial charge is 0.262 e. The first-order valence-electron chi connectivity index (χ1n) is 7.69. The second kappa shape index (κ2) is 6.07. The zero-order valence-corrected chi connectivity index (χ0v) is 14.1. The molecule has 0 spiro atoms. The van der Waals surface area contributed by atoms with E-state index >= 15 is 0 Å². The van der Waals surface area contributed by atoms with Crippen LogP contribution in [0.4, 0.5) is 0 Å². The first-order valence-corrected chi connectivity index (χ1v) is 9.13. The molecule has 3 rings (SSSR count). The van der Waals surface area contributed by atoms with Crippen molar-refractivity contribution in [3.05, 3.63) is 47.9 Å². The summed E-state index contributed by atoms with van der Waals surface area (Å²) in [6.07, 6.45) is 3.72. The summed E-state index contributed by atoms with van der Waals surface area (Å²) in [6.45, 7) is 4.03. The summed E-state index contributed by atoms with van der Waals surface area (Å²) < 4.78 is 29.0. The first-order chi connectivity index (χ1) is 10.9. The van der Waals surface area contributed by atoms with Crippen LogP contribution in [0.25, 0.3) is 0 Å². The van der Waals surface area contributed by atoms with E-state index in [1.54, 1.807) is 10.8 Å². The summed E-state index contributed by atoms with van der Waals surface area (Å²) in [4.78, 5) is 4.06. The minimum Gasteiger partial charge on any atom is -0.394 e. The Morgan fingerprint density at radius 3 is 2.74 bits per heavy atom. The van der Waals surface area contributed by atoms with Crippen LogP contribution in [0.1, 0.15) is 37.1 Å². The van der Waals surface area contributed by atoms with Crippen molar-refractivity contribution in [1.29, 1.82) is 0 Å². The van der Waals surface area contributed by atoms with E-state index in [4.69, 9.17) is 0 Å². The molecule has 1 aromatic carbocycles. The minimum atomic E-state index is -3.74. The number of hydrogen-bond donors (Lipinski definition) is 1. The maximum absolute atomic E-state index is 12.9. The van der Waals surface area contributed by atoms with E-state index in [9.17, 15) is 13.5 Å². The highest BCUT2D eigenvalue weighted by Gasteiger charge is 2.37. The van der Waals surface area contributed by atoms with Gasteiger partial charge in [-0.1, -0.05) is 24.3 Å². The SMILES string of the molecule is CC(C)n1cnc(S(=O)(=O)N2CCc3ccccc3C2CO)c1. The van der Waals surface area contributed by atoms with E-state index < -0.39 is 16.1 Å². The number of aliphatic hydroxyl groups is 1. The predicted molar refractivity (Wildman–Crippen MR) is 86.5 cm³/mol. The maximum Gasteiger partial charge on any atom is 0.262 e. The molecule has 2 aromatic rings. The monoisotopic (exact) mass is 335 g/mol. The lowest BCUT2D eigenvalue weighted by molar-refractivity contribution is 0.180. The van der Waals surface area contributed by atoms with Gasteiger partial charge >= 0.3 is 0 Å². The molecule has 1 atom stereocenters. The molecule has 23 heavy (non-hydrogen) atoms. The molecule has 1 aromatic heterocycles. The molecule has 1 aliphatic rings. The van der Waals surface area contributed by atoms with E-state index in [1.807, 2.05) is 38.1 Å². The Morgan fingerprint density at radius 2 is 2.09 bits per heavy atom. The number of aliphatic hydroxyl groups excluding tert-OH is 1. The molecule has 1 N–H and O–H groups in total. The van der Waals surface area contributed by atoms with Gasteiger partial charge in [-0.05, 0) is 31.4 Å². The molecule has 0 amide bonds. The summed E-state index contributed by atoms with van der Waals surface area (Å²) in [5, 5.41) is 9.81. The summed E-state index contributed by atoms with van der Waals surface area (Å²) in [7, 11) is -3.74. The predicted octanol–water partition coefficient (Wildman–Crippen LogP) is 1.74. The minimum absolute atomic E-state index is 0.0315. The lowest BCUT2D eigenvalue weighted by Gasteiger charge is -2.34. The third kappa shape index (κ3) is 2.80. The van der Waals surface area contributed by atoms with Crippen LogP contribution in [0.2, 0.25) is 0 Å². The number of fused-ring (bicyclic) bond motifs is 1. The molecule has 124 valence electrons. The molecule has 0 fully saturated rings. The van der Waals surface area contributed by atoms with Crippen LogP contribution in [0, 0.1) is 0 Å². The Kier molecular flexibility index (Phi) is 4.27. The van der Waals surface area contributed by atoms with Gasteiger partial charge in [-0.3, -0.25) is 0 Å². The normalized spacial score (nSPS) is 19.0. The van der Waals surface area contributed by atoms with Crippen LogP contribution in [0.15, 0.2) is 41.8 Å². The summed E-state index contributed by atoms with van der Waals surface area (Å²) >= 11 is 0. The number of benzene rings is 1. The molecule has 0 aliphatic carbocycles. The number of hydrogen-bond acceptors (Lipinski definition) is 4. The van der Waals surface area contributed by atoms with Gasteiger partial charge < -0.3 is 9.67 Å². The van der Waals surface area contributed by atoms with Gasteiger partial charge in [0.15, 0.2) is 5.03 Å². The summed E-state index contributed by atoms with van der Waals surface area (Å²) in [5.74, 6) is 0. The molecule has 2 heterocycles. The number of imidazole rings is 1. The Balaban J connectivity index is 1.99. The second-order valence-corrected chi connectivity index (χ2v) is 7.85. The van der Waals surface area contributed by atoms with Crippen molar-refractivity contribution in [2.45, 2.75) is 37.4 Å². The summed E-state index contributed by atoms with van der Waals surface area (Å²) in [6, 6.07) is 7.24. The maximum atomic E-state index is 12.9. The van der Waals surface area contributed by atoms with E-state index in [1.165, 1.54) is 10.6 Å². The standard InChI is InChI=1S/C16H21N3O3S/c1-12(2)18-9-16(17-11-18)23(21,22)19-8-7-13-5-3-4-6-14(13)15(19)10-20/h3-6,9,11-12,15,20H,7-8,10H2,1-2H3. The highest BCUT2D eigenvalue weighted by Crippen LogP contribution is 2.33. The van der Waals surface area contributed by atoms with Crippen LogP contribution in [0.5, 0.6) is 0 Å². The van der Waals surface area contributed by atoms with Crippen LogP contribution < -0.4 is 0 Å². The Hall–Kier alpha value is -1.70. The van der Waals surface area contributed by atoms with Gasteiger partial charge in [-0.25, -0.2) is 13.4 Å². The quantitative estimate of drug-likeness (QED) is 0.923. The van der Waals surface area contributed by atoms with Crippen molar-refractivity contribution in [3.63, 3.8) is 0 Å². The number of rotatable bonds is 4. The van der Waals surface area contributed by atoms with E-state index in [-0.39, 0.29) is 17.7 Å². The van der Waals surface area contributed by atoms with Crippen molar-refractivity contribution in [2.24, 2.45) is 0 Å². The molecule has 0 saturated heterocycles. The van der Waals surface area contributed by atoms with Gasteiger partial charge in [0.2, 0.25) is 0 Å². The van der Waals surface area contributed by atoms with Gasteiger partial charge in [-0.15, -0.1) is 0 Å². The molecule has 0 bridgehead atoms. The molecule has 1 unspecified atom stereocenters. The van der Waals surface area contributed by atoms with E-state index in [2.05, 4.69) is 4.98 Å². The van der Waals surface area contributed by atoms with Crippen molar-refractivity contribution >= 4 is 10.0 Å². The zero-order valence-electron chi connectivity index (χ0n) is 13.3. The average molecular weight is 335 g/mol. The third-order valence-electron chi connectivity index (χ3n) is 4.28. The fourth-order valence-electron chi connectivity index (χ4n) is 2.96. The fourth-order valence-corrected chi connectivity index (χ4v) is 4.48. The zero-order chi connectivity index (χ0) is 16.6. The van der Waals surface area contributed by atoms with Crippen LogP contribution in [-0.2, 0) is 16.4 Å². The molecule has 7 heteroatoms. The van der Waals surface area contributed by atoms with E-state index in [0.717, 1.165) is 11.1 Å². The molecule has 6 nitrogen and oxygen atoms in total. The van der Waals surface area contributed by atoms with Gasteiger partial charge in [0, 0.05) is 18.8 Å². The van der Waals surface area contributed by atoms with Crippen LogP contribution >= 0.6 is 0 Å². The number of aromatic nitrogens is 2. The van der Waals surface area contributed by atoms with Crippen molar-refractivity contribution in [2.75, 3.05) is 13.2 Å². The largest absolute Gasteiger partial charge is 0.394 e. The molecular formula is C16H21N3O3S. The second-order valence-electron chi connectivity index (χ2n) is 6.02. The van der Waals surface area contributed by atoms with Gasteiger partial charge in [0.1, 0.15) is 0 Å². The molecular weight excluding hydrogens is 314 g/mol. The summed E-state index contributed by atoms with van der Waals surface area (Å²) in [5.41, 5.74) is 1.96. The van der Waals surface area contributed by atoms with Crippen LogP contribution in [0.3, 0.4) is 0 Å². The first kappa shape index (κ1) is 16.2. The van der Waals surface area contributed by atoms with Gasteiger partial charge in [0.05, 0.1) is 19.0 Å². The highest BCUT2D eigenvalue weighted by molar-refractivity contribution is 7.89. The lowest BCUT2D eigenvalue weighted by atomic mass is 9.95. The van der Waals surface area contributed by atoms with Crippen molar-refractivity contribution < 1.29 is 13.5 Å². The van der Waals surface area contributed by atoms with E-state index in [0.29, 0.717) is 13.0 Å². The van der Waals surface area contributed by atoms with Gasteiger partial charge in [0.25, 0.3) is 10.0 Å². The van der Waals surface area contributed by atoms with Crippen molar-refractivity contribution in [1.82, 2.24) is 13.9 Å². The van der Waals surface area contributed by atoms with Crippen molar-refractivity contribution in [3.8, 4) is 0 Å². The lowest BCUT2D eigenvalue weighted by Crippen LogP contribution is -2.41. The fraction of sp³-hybridized carbons (Fsp3) is 0.438. The van der Waals surface area contributed by atoms with Gasteiger partial charge in [-0.2, -0.15) is 4.31 Å².